The molecule has 4 N–H and O–H groups in total. The number of carbonyl (C=O) groups excluding carboxylic acids is 1. The third-order valence-electron chi connectivity index (χ3n) is 4.12. The highest BCUT2D eigenvalue weighted by Gasteiger charge is 2.30. The van der Waals surface area contributed by atoms with E-state index >= 15 is 0 Å². The number of carbonyl (C=O) groups is 1. The lowest BCUT2D eigenvalue weighted by Gasteiger charge is -2.29. The lowest BCUT2D eigenvalue weighted by molar-refractivity contribution is 0.0597. The van der Waals surface area contributed by atoms with Crippen LogP contribution in [0.3, 0.4) is 0 Å². The molecule has 2 heterocycles. The van der Waals surface area contributed by atoms with E-state index in [2.05, 4.69) is 10.1 Å². The van der Waals surface area contributed by atoms with Crippen LogP contribution in [0.5, 0.6) is 5.75 Å². The van der Waals surface area contributed by atoms with E-state index in [-0.39, 0.29) is 5.82 Å². The molecule has 0 aliphatic heterocycles. The summed E-state index contributed by atoms with van der Waals surface area (Å²) in [5.74, 6) is 1.29. The maximum Gasteiger partial charge on any atom is 0.420 e. The summed E-state index contributed by atoms with van der Waals surface area (Å²) >= 11 is 0. The minimum atomic E-state index is -0.717. The SMILES string of the molecule is CCOc1ccc(N(C(=O)OC(C)(C)C)c2c(C)c(N)nc3ccnn23)c(N)c1. The zero-order valence-corrected chi connectivity index (χ0v) is 17.3. The molecule has 0 fully saturated rings. The standard InChI is InChI=1S/C20H26N6O3/c1-6-28-13-7-8-15(14(21)11-13)25(19(27)29-20(3,4)5)18-12(2)17(22)24-16-9-10-23-26(16)18/h7-11H,6,21H2,1-5H3,(H2,22,24). The molecule has 0 aliphatic rings. The molecule has 0 saturated heterocycles. The van der Waals surface area contributed by atoms with E-state index < -0.39 is 11.7 Å². The van der Waals surface area contributed by atoms with E-state index in [1.807, 2.05) is 6.92 Å². The normalized spacial score (nSPS) is 11.5. The van der Waals surface area contributed by atoms with Crippen molar-refractivity contribution in [3.8, 4) is 5.75 Å². The Balaban J connectivity index is 2.25. The van der Waals surface area contributed by atoms with E-state index in [0.717, 1.165) is 0 Å². The van der Waals surface area contributed by atoms with E-state index in [0.29, 0.717) is 40.8 Å². The lowest BCUT2D eigenvalue weighted by atomic mass is 10.2. The minimum absolute atomic E-state index is 0.283. The summed E-state index contributed by atoms with van der Waals surface area (Å²) in [5, 5.41) is 4.31. The average molecular weight is 398 g/mol. The van der Waals surface area contributed by atoms with Gasteiger partial charge in [-0.2, -0.15) is 9.61 Å². The molecular formula is C20H26N6O3. The van der Waals surface area contributed by atoms with Gasteiger partial charge in [0, 0.05) is 17.7 Å². The highest BCUT2D eigenvalue weighted by atomic mass is 16.6. The average Bonchev–Trinajstić information content (AvgIpc) is 3.06. The number of benzene rings is 1. The Morgan fingerprint density at radius 1 is 1.24 bits per heavy atom. The number of fused-ring (bicyclic) bond motifs is 1. The number of hydrogen-bond acceptors (Lipinski definition) is 7. The summed E-state index contributed by atoms with van der Waals surface area (Å²) in [6, 6.07) is 6.81. The highest BCUT2D eigenvalue weighted by molar-refractivity contribution is 6.00. The monoisotopic (exact) mass is 398 g/mol. The first-order chi connectivity index (χ1) is 13.6. The summed E-state index contributed by atoms with van der Waals surface area (Å²) in [7, 11) is 0. The van der Waals surface area contributed by atoms with Gasteiger partial charge in [-0.25, -0.2) is 14.7 Å². The van der Waals surface area contributed by atoms with Gasteiger partial charge in [0.2, 0.25) is 0 Å². The number of hydrogen-bond donors (Lipinski definition) is 2. The Morgan fingerprint density at radius 3 is 2.59 bits per heavy atom. The van der Waals surface area contributed by atoms with E-state index in [1.54, 1.807) is 58.2 Å². The lowest BCUT2D eigenvalue weighted by Crippen LogP contribution is -2.36. The predicted molar refractivity (Wildman–Crippen MR) is 113 cm³/mol. The van der Waals surface area contributed by atoms with Crippen molar-refractivity contribution >= 4 is 34.8 Å². The molecule has 9 heteroatoms. The van der Waals surface area contributed by atoms with Crippen LogP contribution in [0, 0.1) is 6.92 Å². The molecule has 0 spiro atoms. The minimum Gasteiger partial charge on any atom is -0.494 e. The van der Waals surface area contributed by atoms with Gasteiger partial charge in [-0.15, -0.1) is 0 Å². The number of rotatable bonds is 4. The van der Waals surface area contributed by atoms with Crippen molar-refractivity contribution < 1.29 is 14.3 Å². The molecular weight excluding hydrogens is 372 g/mol. The second kappa shape index (κ2) is 7.50. The molecule has 154 valence electrons. The fraction of sp³-hybridized carbons (Fsp3) is 0.350. The zero-order valence-electron chi connectivity index (χ0n) is 17.3. The van der Waals surface area contributed by atoms with Crippen LogP contribution in [0.15, 0.2) is 30.5 Å². The van der Waals surface area contributed by atoms with Gasteiger partial charge in [0.05, 0.1) is 24.2 Å². The Hall–Kier alpha value is -3.49. The molecule has 0 atom stereocenters. The van der Waals surface area contributed by atoms with Gasteiger partial charge in [-0.05, 0) is 46.8 Å². The molecule has 1 aromatic carbocycles. The van der Waals surface area contributed by atoms with Crippen LogP contribution in [0.4, 0.5) is 27.8 Å². The van der Waals surface area contributed by atoms with Crippen molar-refractivity contribution in [1.29, 1.82) is 0 Å². The van der Waals surface area contributed by atoms with Crippen LogP contribution < -0.4 is 21.1 Å². The van der Waals surface area contributed by atoms with Gasteiger partial charge in [-0.1, -0.05) is 0 Å². The number of nitrogens with two attached hydrogens (primary N) is 2. The fourth-order valence-corrected chi connectivity index (χ4v) is 2.89. The largest absolute Gasteiger partial charge is 0.494 e. The van der Waals surface area contributed by atoms with E-state index in [9.17, 15) is 4.79 Å². The predicted octanol–water partition coefficient (Wildman–Crippen LogP) is 3.67. The molecule has 0 radical (unpaired) electrons. The van der Waals surface area contributed by atoms with Crippen molar-refractivity contribution in [2.75, 3.05) is 23.0 Å². The molecule has 0 bridgehead atoms. The van der Waals surface area contributed by atoms with Gasteiger partial charge >= 0.3 is 6.09 Å². The van der Waals surface area contributed by atoms with Gasteiger partial charge in [0.1, 0.15) is 17.2 Å². The maximum atomic E-state index is 13.3. The van der Waals surface area contributed by atoms with Gasteiger partial charge < -0.3 is 20.9 Å². The van der Waals surface area contributed by atoms with Crippen molar-refractivity contribution in [3.05, 3.63) is 36.0 Å². The third-order valence-corrected chi connectivity index (χ3v) is 4.12. The summed E-state index contributed by atoms with van der Waals surface area (Å²) < 4.78 is 12.7. The maximum absolute atomic E-state index is 13.3. The molecule has 3 rings (SSSR count). The first-order valence-electron chi connectivity index (χ1n) is 9.27. The Labute approximate surface area is 169 Å². The van der Waals surface area contributed by atoms with E-state index in [4.69, 9.17) is 20.9 Å². The Morgan fingerprint density at radius 2 is 1.97 bits per heavy atom. The number of ether oxygens (including phenoxy) is 2. The number of amides is 1. The van der Waals surface area contributed by atoms with Crippen molar-refractivity contribution in [3.63, 3.8) is 0 Å². The number of aromatic nitrogens is 3. The molecule has 0 saturated carbocycles. The molecule has 2 aromatic heterocycles. The van der Waals surface area contributed by atoms with Gasteiger partial charge in [0.25, 0.3) is 0 Å². The van der Waals surface area contributed by atoms with Crippen LogP contribution >= 0.6 is 0 Å². The van der Waals surface area contributed by atoms with Crippen LogP contribution in [-0.2, 0) is 4.74 Å². The molecule has 0 aliphatic carbocycles. The van der Waals surface area contributed by atoms with Crippen LogP contribution in [0.25, 0.3) is 5.65 Å². The van der Waals surface area contributed by atoms with Crippen molar-refractivity contribution in [1.82, 2.24) is 14.6 Å². The quantitative estimate of drug-likeness (QED) is 0.643. The summed E-state index contributed by atoms with van der Waals surface area (Å²) in [5.41, 5.74) is 13.5. The van der Waals surface area contributed by atoms with Gasteiger partial charge in [0.15, 0.2) is 11.5 Å². The van der Waals surface area contributed by atoms with Gasteiger partial charge in [-0.3, -0.25) is 0 Å². The van der Waals surface area contributed by atoms with E-state index in [1.165, 1.54) is 9.42 Å². The second-order valence-electron chi connectivity index (χ2n) is 7.52. The molecule has 3 aromatic rings. The summed E-state index contributed by atoms with van der Waals surface area (Å²) in [6.07, 6.45) is 0.971. The number of nitrogen functional groups attached to an aromatic ring is 2. The molecule has 29 heavy (non-hydrogen) atoms. The molecule has 9 nitrogen and oxygen atoms in total. The number of anilines is 4. The Kier molecular flexibility index (Phi) is 5.23. The van der Waals surface area contributed by atoms with Crippen molar-refractivity contribution in [2.24, 2.45) is 0 Å². The van der Waals surface area contributed by atoms with Crippen LogP contribution in [-0.4, -0.2) is 32.9 Å². The fourth-order valence-electron chi connectivity index (χ4n) is 2.89. The first-order valence-corrected chi connectivity index (χ1v) is 9.27. The summed E-state index contributed by atoms with van der Waals surface area (Å²) in [6.45, 7) is 9.53. The highest BCUT2D eigenvalue weighted by Crippen LogP contribution is 2.37. The van der Waals surface area contributed by atoms with Crippen molar-refractivity contribution in [2.45, 2.75) is 40.2 Å². The smallest absolute Gasteiger partial charge is 0.420 e. The summed E-state index contributed by atoms with van der Waals surface area (Å²) in [4.78, 5) is 18.9. The molecule has 0 unspecified atom stereocenters. The topological polar surface area (TPSA) is 121 Å². The first kappa shape index (κ1) is 20.2. The van der Waals surface area contributed by atoms with Crippen LogP contribution in [0.2, 0.25) is 0 Å². The second-order valence-corrected chi connectivity index (χ2v) is 7.52. The molecule has 1 amide bonds. The third kappa shape index (κ3) is 4.03. The zero-order chi connectivity index (χ0) is 21.3. The number of nitrogens with zero attached hydrogens (tertiary/aromatic N) is 4. The van der Waals surface area contributed by atoms with Crippen LogP contribution in [0.1, 0.15) is 33.3 Å². The Bertz CT molecular complexity index is 1050.